The lowest BCUT2D eigenvalue weighted by Gasteiger charge is -2.23. The van der Waals surface area contributed by atoms with Crippen LogP contribution in [0.15, 0.2) is 11.6 Å². The largest absolute Gasteiger partial charge is 0.298 e. The van der Waals surface area contributed by atoms with Crippen LogP contribution in [-0.2, 0) is 0 Å². The van der Waals surface area contributed by atoms with E-state index in [-0.39, 0.29) is 0 Å². The molecule has 0 aromatic carbocycles. The summed E-state index contributed by atoms with van der Waals surface area (Å²) < 4.78 is 0. The van der Waals surface area contributed by atoms with Crippen molar-refractivity contribution in [3.8, 4) is 6.07 Å². The van der Waals surface area contributed by atoms with Crippen LogP contribution >= 0.6 is 0 Å². The quantitative estimate of drug-likeness (QED) is 0.558. The zero-order valence-corrected chi connectivity index (χ0v) is 7.01. The summed E-state index contributed by atoms with van der Waals surface area (Å²) in [5.41, 5.74) is 1.48. The molecule has 60 valence electrons. The van der Waals surface area contributed by atoms with Gasteiger partial charge in [0.05, 0.1) is 6.07 Å². The molecule has 0 saturated heterocycles. The Labute approximate surface area is 68.1 Å². The molecule has 0 spiro atoms. The van der Waals surface area contributed by atoms with Crippen LogP contribution in [0.2, 0.25) is 0 Å². The van der Waals surface area contributed by atoms with Crippen LogP contribution in [0.5, 0.6) is 0 Å². The fourth-order valence-corrected chi connectivity index (χ4v) is 1.22. The van der Waals surface area contributed by atoms with E-state index < -0.39 is 0 Å². The Morgan fingerprint density at radius 2 is 2.55 bits per heavy atom. The van der Waals surface area contributed by atoms with Gasteiger partial charge in [0.15, 0.2) is 0 Å². The van der Waals surface area contributed by atoms with E-state index in [0.29, 0.717) is 6.42 Å². The fourth-order valence-electron chi connectivity index (χ4n) is 1.22. The number of nitriles is 1. The molecular formula is C9H14N2. The second-order valence-corrected chi connectivity index (χ2v) is 3.01. The highest BCUT2D eigenvalue weighted by Crippen LogP contribution is 2.08. The lowest BCUT2D eigenvalue weighted by molar-refractivity contribution is 0.301. The van der Waals surface area contributed by atoms with Crippen LogP contribution in [0.1, 0.15) is 19.8 Å². The molecule has 0 bridgehead atoms. The predicted octanol–water partition coefficient (Wildman–Crippen LogP) is 1.55. The van der Waals surface area contributed by atoms with Gasteiger partial charge in [0.2, 0.25) is 0 Å². The minimum atomic E-state index is 0.660. The molecule has 0 amide bonds. The van der Waals surface area contributed by atoms with Gasteiger partial charge < -0.3 is 0 Å². The van der Waals surface area contributed by atoms with Crippen molar-refractivity contribution >= 4 is 0 Å². The monoisotopic (exact) mass is 150 g/mol. The van der Waals surface area contributed by atoms with Gasteiger partial charge in [0, 0.05) is 26.1 Å². The maximum Gasteiger partial charge on any atom is 0.0635 e. The van der Waals surface area contributed by atoms with Crippen LogP contribution in [-0.4, -0.2) is 24.5 Å². The first-order valence-electron chi connectivity index (χ1n) is 4.08. The summed E-state index contributed by atoms with van der Waals surface area (Å²) in [5, 5.41) is 8.36. The van der Waals surface area contributed by atoms with Gasteiger partial charge in [0.25, 0.3) is 0 Å². The smallest absolute Gasteiger partial charge is 0.0635 e. The van der Waals surface area contributed by atoms with Gasteiger partial charge in [-0.25, -0.2) is 0 Å². The molecule has 0 unspecified atom stereocenters. The van der Waals surface area contributed by atoms with Crippen LogP contribution < -0.4 is 0 Å². The summed E-state index contributed by atoms with van der Waals surface area (Å²) in [6, 6.07) is 2.16. The summed E-state index contributed by atoms with van der Waals surface area (Å²) in [6.07, 6.45) is 4.08. The predicted molar refractivity (Wildman–Crippen MR) is 45.0 cm³/mol. The van der Waals surface area contributed by atoms with Gasteiger partial charge in [-0.15, -0.1) is 0 Å². The van der Waals surface area contributed by atoms with E-state index >= 15 is 0 Å². The minimum Gasteiger partial charge on any atom is -0.298 e. The van der Waals surface area contributed by atoms with Crippen LogP contribution in [0.4, 0.5) is 0 Å². The standard InChI is InChI=1S/C9H14N2/c1-9-3-7-11(8-4-9)6-2-5-10/h3H,2,4,6-8H2,1H3. The van der Waals surface area contributed by atoms with E-state index in [9.17, 15) is 0 Å². The Hall–Kier alpha value is -0.810. The fraction of sp³-hybridized carbons (Fsp3) is 0.667. The number of hydrogen-bond donors (Lipinski definition) is 0. The highest BCUT2D eigenvalue weighted by atomic mass is 15.1. The molecule has 1 aliphatic heterocycles. The first-order valence-corrected chi connectivity index (χ1v) is 4.08. The highest BCUT2D eigenvalue weighted by Gasteiger charge is 2.07. The maximum absolute atomic E-state index is 8.36. The lowest BCUT2D eigenvalue weighted by atomic mass is 10.1. The van der Waals surface area contributed by atoms with Gasteiger partial charge in [-0.1, -0.05) is 11.6 Å². The van der Waals surface area contributed by atoms with Crippen LogP contribution in [0, 0.1) is 11.3 Å². The van der Waals surface area contributed by atoms with Crippen molar-refractivity contribution in [2.45, 2.75) is 19.8 Å². The summed E-state index contributed by atoms with van der Waals surface area (Å²) in [5.74, 6) is 0. The van der Waals surface area contributed by atoms with Gasteiger partial charge in [0.1, 0.15) is 0 Å². The van der Waals surface area contributed by atoms with Crippen molar-refractivity contribution in [3.63, 3.8) is 0 Å². The number of hydrogen-bond acceptors (Lipinski definition) is 2. The lowest BCUT2D eigenvalue weighted by Crippen LogP contribution is -2.29. The molecule has 11 heavy (non-hydrogen) atoms. The van der Waals surface area contributed by atoms with Crippen molar-refractivity contribution < 1.29 is 0 Å². The van der Waals surface area contributed by atoms with Crippen molar-refractivity contribution in [1.82, 2.24) is 4.90 Å². The Kier molecular flexibility index (Phi) is 3.13. The molecular weight excluding hydrogens is 136 g/mol. The molecule has 1 rings (SSSR count). The summed E-state index contributed by atoms with van der Waals surface area (Å²) in [7, 11) is 0. The van der Waals surface area contributed by atoms with Crippen molar-refractivity contribution in [2.24, 2.45) is 0 Å². The SMILES string of the molecule is CC1=CCN(CCC#N)CC1. The minimum absolute atomic E-state index is 0.660. The molecule has 2 nitrogen and oxygen atoms in total. The number of rotatable bonds is 2. The van der Waals surface area contributed by atoms with Gasteiger partial charge in [-0.05, 0) is 13.3 Å². The molecule has 0 atom stereocenters. The molecule has 0 aromatic heterocycles. The molecule has 0 saturated carbocycles. The molecule has 0 aliphatic carbocycles. The van der Waals surface area contributed by atoms with E-state index in [1.807, 2.05) is 0 Å². The Morgan fingerprint density at radius 3 is 3.09 bits per heavy atom. The topological polar surface area (TPSA) is 27.0 Å². The van der Waals surface area contributed by atoms with Gasteiger partial charge >= 0.3 is 0 Å². The Bertz CT molecular complexity index is 188. The Morgan fingerprint density at radius 1 is 1.73 bits per heavy atom. The average molecular weight is 150 g/mol. The van der Waals surface area contributed by atoms with E-state index in [2.05, 4.69) is 24.0 Å². The summed E-state index contributed by atoms with van der Waals surface area (Å²) >= 11 is 0. The third-order valence-corrected chi connectivity index (χ3v) is 2.06. The second-order valence-electron chi connectivity index (χ2n) is 3.01. The van der Waals surface area contributed by atoms with E-state index in [1.54, 1.807) is 0 Å². The highest BCUT2D eigenvalue weighted by molar-refractivity contribution is 5.03. The maximum atomic E-state index is 8.36. The first-order chi connectivity index (χ1) is 5.33. The zero-order chi connectivity index (χ0) is 8.10. The molecule has 0 fully saturated rings. The normalized spacial score (nSPS) is 19.1. The van der Waals surface area contributed by atoms with Crippen molar-refractivity contribution in [3.05, 3.63) is 11.6 Å². The second kappa shape index (κ2) is 4.15. The molecule has 1 heterocycles. The van der Waals surface area contributed by atoms with Gasteiger partial charge in [-0.2, -0.15) is 5.26 Å². The average Bonchev–Trinajstić information content (AvgIpc) is 2.04. The zero-order valence-electron chi connectivity index (χ0n) is 7.01. The molecule has 0 aromatic rings. The molecule has 1 aliphatic rings. The molecule has 2 heteroatoms. The third kappa shape index (κ3) is 2.73. The van der Waals surface area contributed by atoms with E-state index in [4.69, 9.17) is 5.26 Å². The van der Waals surface area contributed by atoms with Crippen LogP contribution in [0.3, 0.4) is 0 Å². The number of nitrogens with zero attached hydrogens (tertiary/aromatic N) is 2. The van der Waals surface area contributed by atoms with Crippen molar-refractivity contribution in [2.75, 3.05) is 19.6 Å². The summed E-state index contributed by atoms with van der Waals surface area (Å²) in [4.78, 5) is 2.32. The van der Waals surface area contributed by atoms with E-state index in [1.165, 1.54) is 12.0 Å². The molecule has 0 N–H and O–H groups in total. The summed E-state index contributed by atoms with van der Waals surface area (Å²) in [6.45, 7) is 5.26. The third-order valence-electron chi connectivity index (χ3n) is 2.06. The van der Waals surface area contributed by atoms with Crippen LogP contribution in [0.25, 0.3) is 0 Å². The molecule has 0 radical (unpaired) electrons. The first kappa shape index (κ1) is 8.29. The Balaban J connectivity index is 2.25. The van der Waals surface area contributed by atoms with Gasteiger partial charge in [-0.3, -0.25) is 4.90 Å². The van der Waals surface area contributed by atoms with Crippen molar-refractivity contribution in [1.29, 1.82) is 5.26 Å². The van der Waals surface area contributed by atoms with E-state index in [0.717, 1.165) is 19.6 Å².